The first kappa shape index (κ1) is 13.8. The smallest absolute Gasteiger partial charge is 0.328 e. The van der Waals surface area contributed by atoms with Crippen LogP contribution < -0.4 is 10.0 Å². The first-order chi connectivity index (χ1) is 8.93. The molecule has 1 saturated heterocycles. The molecule has 0 amide bonds. The average molecular weight is 284 g/mol. The van der Waals surface area contributed by atoms with Gasteiger partial charge in [0, 0.05) is 12.2 Å². The standard InChI is InChI=1S/C12H16N2O4S/c1-18-12(15)11-3-2-8-14(11)9-4-6-10(7-5-9)19(13,16)17/h4-7,11H,2-3,8H2,1H3,(H2,13,16,17). The maximum absolute atomic E-state index is 11.6. The largest absolute Gasteiger partial charge is 0.467 e. The number of methoxy groups -OCH3 is 1. The highest BCUT2D eigenvalue weighted by atomic mass is 32.2. The number of hydrogen-bond acceptors (Lipinski definition) is 5. The molecular weight excluding hydrogens is 268 g/mol. The number of rotatable bonds is 3. The molecule has 2 N–H and O–H groups in total. The molecule has 1 aliphatic rings. The zero-order valence-corrected chi connectivity index (χ0v) is 11.4. The molecule has 1 aromatic rings. The highest BCUT2D eigenvalue weighted by Gasteiger charge is 2.31. The minimum Gasteiger partial charge on any atom is -0.467 e. The highest BCUT2D eigenvalue weighted by Crippen LogP contribution is 2.27. The van der Waals surface area contributed by atoms with Crippen LogP contribution in [0.1, 0.15) is 12.8 Å². The van der Waals surface area contributed by atoms with Gasteiger partial charge in [0.2, 0.25) is 10.0 Å². The van der Waals surface area contributed by atoms with Gasteiger partial charge in [-0.15, -0.1) is 0 Å². The van der Waals surface area contributed by atoms with Crippen molar-refractivity contribution < 1.29 is 17.9 Å². The zero-order chi connectivity index (χ0) is 14.0. The van der Waals surface area contributed by atoms with E-state index in [0.29, 0.717) is 0 Å². The molecule has 104 valence electrons. The molecule has 0 bridgehead atoms. The number of esters is 1. The van der Waals surface area contributed by atoms with Crippen LogP contribution in [-0.4, -0.2) is 34.1 Å². The Morgan fingerprint density at radius 2 is 2.00 bits per heavy atom. The number of nitrogens with zero attached hydrogens (tertiary/aromatic N) is 1. The maximum atomic E-state index is 11.6. The molecule has 0 radical (unpaired) electrons. The lowest BCUT2D eigenvalue weighted by molar-refractivity contribution is -0.141. The van der Waals surface area contributed by atoms with Crippen LogP contribution in [0, 0.1) is 0 Å². The lowest BCUT2D eigenvalue weighted by Gasteiger charge is -2.24. The predicted molar refractivity (Wildman–Crippen MR) is 70.2 cm³/mol. The van der Waals surface area contributed by atoms with Crippen molar-refractivity contribution in [1.82, 2.24) is 0 Å². The van der Waals surface area contributed by atoms with Gasteiger partial charge in [0.1, 0.15) is 6.04 Å². The number of sulfonamides is 1. The third kappa shape index (κ3) is 2.87. The fourth-order valence-corrected chi connectivity index (χ4v) is 2.80. The molecule has 1 fully saturated rings. The van der Waals surface area contributed by atoms with E-state index in [0.717, 1.165) is 25.1 Å². The summed E-state index contributed by atoms with van der Waals surface area (Å²) in [6.45, 7) is 0.745. The molecule has 6 nitrogen and oxygen atoms in total. The Bertz CT molecular complexity index is 568. The Kier molecular flexibility index (Phi) is 3.77. The van der Waals surface area contributed by atoms with Crippen molar-refractivity contribution in [3.05, 3.63) is 24.3 Å². The van der Waals surface area contributed by atoms with E-state index in [1.807, 2.05) is 4.90 Å². The van der Waals surface area contributed by atoms with Gasteiger partial charge >= 0.3 is 5.97 Å². The first-order valence-electron chi connectivity index (χ1n) is 5.91. The predicted octanol–water partition coefficient (Wildman–Crippen LogP) is 0.476. The van der Waals surface area contributed by atoms with E-state index in [-0.39, 0.29) is 16.9 Å². The first-order valence-corrected chi connectivity index (χ1v) is 7.45. The summed E-state index contributed by atoms with van der Waals surface area (Å²) in [6, 6.07) is 5.89. The van der Waals surface area contributed by atoms with Crippen LogP contribution in [0.15, 0.2) is 29.2 Å². The third-order valence-electron chi connectivity index (χ3n) is 3.22. The Morgan fingerprint density at radius 1 is 1.37 bits per heavy atom. The van der Waals surface area contributed by atoms with E-state index < -0.39 is 10.0 Å². The van der Waals surface area contributed by atoms with E-state index in [1.54, 1.807) is 12.1 Å². The van der Waals surface area contributed by atoms with E-state index in [1.165, 1.54) is 19.2 Å². The summed E-state index contributed by atoms with van der Waals surface area (Å²) in [5, 5.41) is 5.04. The van der Waals surface area contributed by atoms with Crippen LogP contribution in [0.4, 0.5) is 5.69 Å². The normalized spacial score (nSPS) is 19.5. The van der Waals surface area contributed by atoms with Gasteiger partial charge in [-0.3, -0.25) is 0 Å². The molecule has 1 aliphatic heterocycles. The number of hydrogen-bond donors (Lipinski definition) is 1. The number of ether oxygens (including phenoxy) is 1. The van der Waals surface area contributed by atoms with Gasteiger partial charge in [-0.25, -0.2) is 18.4 Å². The quantitative estimate of drug-likeness (QED) is 0.815. The Balaban J connectivity index is 2.25. The van der Waals surface area contributed by atoms with Crippen molar-refractivity contribution in [3.63, 3.8) is 0 Å². The van der Waals surface area contributed by atoms with Gasteiger partial charge in [0.05, 0.1) is 12.0 Å². The fraction of sp³-hybridized carbons (Fsp3) is 0.417. The Morgan fingerprint density at radius 3 is 2.53 bits per heavy atom. The third-order valence-corrected chi connectivity index (χ3v) is 4.15. The summed E-state index contributed by atoms with van der Waals surface area (Å²) in [5.74, 6) is -0.270. The fourth-order valence-electron chi connectivity index (χ4n) is 2.28. The molecule has 0 aromatic heterocycles. The number of carbonyl (C=O) groups excluding carboxylic acids is 1. The molecule has 1 unspecified atom stereocenters. The maximum Gasteiger partial charge on any atom is 0.328 e. The second kappa shape index (κ2) is 5.18. The minimum absolute atomic E-state index is 0.0602. The molecule has 0 saturated carbocycles. The number of anilines is 1. The summed E-state index contributed by atoms with van der Waals surface area (Å²) in [6.07, 6.45) is 1.64. The van der Waals surface area contributed by atoms with Crippen LogP contribution in [0.5, 0.6) is 0 Å². The van der Waals surface area contributed by atoms with E-state index in [9.17, 15) is 13.2 Å². The minimum atomic E-state index is -3.69. The van der Waals surface area contributed by atoms with Crippen LogP contribution in [-0.2, 0) is 19.6 Å². The summed E-state index contributed by atoms with van der Waals surface area (Å²) >= 11 is 0. The average Bonchev–Trinajstić information content (AvgIpc) is 2.86. The second-order valence-corrected chi connectivity index (χ2v) is 5.97. The SMILES string of the molecule is COC(=O)C1CCCN1c1ccc(S(N)(=O)=O)cc1. The lowest BCUT2D eigenvalue weighted by atomic mass is 10.2. The summed E-state index contributed by atoms with van der Waals surface area (Å²) < 4.78 is 27.1. The highest BCUT2D eigenvalue weighted by molar-refractivity contribution is 7.89. The van der Waals surface area contributed by atoms with Gasteiger partial charge in [0.15, 0.2) is 0 Å². The van der Waals surface area contributed by atoms with Crippen LogP contribution in [0.25, 0.3) is 0 Å². The lowest BCUT2D eigenvalue weighted by Crippen LogP contribution is -2.36. The molecule has 0 aliphatic carbocycles. The van der Waals surface area contributed by atoms with Crippen molar-refractivity contribution in [3.8, 4) is 0 Å². The molecule has 2 rings (SSSR count). The Labute approximate surface area is 112 Å². The second-order valence-electron chi connectivity index (χ2n) is 4.41. The van der Waals surface area contributed by atoms with Crippen LogP contribution in [0.2, 0.25) is 0 Å². The number of benzene rings is 1. The summed E-state index contributed by atoms with van der Waals surface area (Å²) in [5.41, 5.74) is 0.792. The van der Waals surface area contributed by atoms with Gasteiger partial charge in [-0.1, -0.05) is 0 Å². The van der Waals surface area contributed by atoms with Crippen LogP contribution in [0.3, 0.4) is 0 Å². The molecule has 1 heterocycles. The van der Waals surface area contributed by atoms with Crippen molar-refractivity contribution in [1.29, 1.82) is 0 Å². The van der Waals surface area contributed by atoms with Crippen molar-refractivity contribution in [2.45, 2.75) is 23.8 Å². The van der Waals surface area contributed by atoms with E-state index in [4.69, 9.17) is 9.88 Å². The molecule has 1 atom stereocenters. The van der Waals surface area contributed by atoms with Gasteiger partial charge in [-0.2, -0.15) is 0 Å². The molecule has 0 spiro atoms. The molecule has 7 heteroatoms. The van der Waals surface area contributed by atoms with Gasteiger partial charge in [0.25, 0.3) is 0 Å². The van der Waals surface area contributed by atoms with Crippen molar-refractivity contribution >= 4 is 21.7 Å². The molecular formula is C12H16N2O4S. The van der Waals surface area contributed by atoms with Crippen LogP contribution >= 0.6 is 0 Å². The Hall–Kier alpha value is -1.60. The number of primary sulfonamides is 1. The molecule has 19 heavy (non-hydrogen) atoms. The number of nitrogens with two attached hydrogens (primary N) is 1. The van der Waals surface area contributed by atoms with E-state index in [2.05, 4.69) is 0 Å². The van der Waals surface area contributed by atoms with Crippen molar-refractivity contribution in [2.75, 3.05) is 18.6 Å². The topological polar surface area (TPSA) is 89.7 Å². The monoisotopic (exact) mass is 284 g/mol. The number of carbonyl (C=O) groups is 1. The summed E-state index contributed by atoms with van der Waals surface area (Å²) in [4.78, 5) is 13.6. The van der Waals surface area contributed by atoms with Gasteiger partial charge in [-0.05, 0) is 37.1 Å². The van der Waals surface area contributed by atoms with Gasteiger partial charge < -0.3 is 9.64 Å². The van der Waals surface area contributed by atoms with Crippen molar-refractivity contribution in [2.24, 2.45) is 5.14 Å². The zero-order valence-electron chi connectivity index (χ0n) is 10.6. The van der Waals surface area contributed by atoms with E-state index >= 15 is 0 Å². The molecule has 1 aromatic carbocycles. The summed E-state index contributed by atoms with van der Waals surface area (Å²) in [7, 11) is -2.32.